The number of hydrogen-bond acceptors (Lipinski definition) is 3. The third kappa shape index (κ3) is 2.44. The van der Waals surface area contributed by atoms with Gasteiger partial charge in [0, 0.05) is 16.7 Å². The van der Waals surface area contributed by atoms with Crippen molar-refractivity contribution < 1.29 is 4.74 Å². The lowest BCUT2D eigenvalue weighted by atomic mass is 10.2. The molecule has 0 amide bonds. The van der Waals surface area contributed by atoms with Crippen molar-refractivity contribution in [3.63, 3.8) is 0 Å². The molecule has 3 aromatic rings. The van der Waals surface area contributed by atoms with Crippen molar-refractivity contribution in [1.29, 1.82) is 0 Å². The van der Waals surface area contributed by atoms with Crippen LogP contribution in [0, 0.1) is 0 Å². The number of ether oxygens (including phenoxy) is 1. The Bertz CT molecular complexity index is 770. The summed E-state index contributed by atoms with van der Waals surface area (Å²) in [5.41, 5.74) is 2.21. The molecule has 0 fully saturated rings. The van der Waals surface area contributed by atoms with E-state index in [2.05, 4.69) is 15.0 Å². The second-order valence-corrected chi connectivity index (χ2v) is 5.01. The fourth-order valence-corrected chi connectivity index (χ4v) is 2.41. The number of fused-ring (bicyclic) bond motifs is 1. The SMILES string of the molecule is CCOc1ccc2[nH]c(-c3ccc(Cl)cc3Cl)nc2n1. The van der Waals surface area contributed by atoms with Crippen LogP contribution in [0.25, 0.3) is 22.6 Å². The summed E-state index contributed by atoms with van der Waals surface area (Å²) < 4.78 is 5.36. The first kappa shape index (κ1) is 13.2. The van der Waals surface area contributed by atoms with Gasteiger partial charge < -0.3 is 9.72 Å². The average Bonchev–Trinajstić information content (AvgIpc) is 2.81. The molecule has 1 N–H and O–H groups in total. The van der Waals surface area contributed by atoms with Crippen LogP contribution in [0.5, 0.6) is 5.88 Å². The van der Waals surface area contributed by atoms with E-state index < -0.39 is 0 Å². The average molecular weight is 308 g/mol. The van der Waals surface area contributed by atoms with Gasteiger partial charge in [-0.25, -0.2) is 4.98 Å². The number of aromatic amines is 1. The predicted octanol–water partition coefficient (Wildman–Crippen LogP) is 4.33. The molecular weight excluding hydrogens is 297 g/mol. The van der Waals surface area contributed by atoms with Gasteiger partial charge >= 0.3 is 0 Å². The lowest BCUT2D eigenvalue weighted by Gasteiger charge is -2.00. The van der Waals surface area contributed by atoms with Gasteiger partial charge in [0.25, 0.3) is 0 Å². The lowest BCUT2D eigenvalue weighted by molar-refractivity contribution is 0.328. The van der Waals surface area contributed by atoms with Gasteiger partial charge in [-0.05, 0) is 31.2 Å². The highest BCUT2D eigenvalue weighted by atomic mass is 35.5. The molecule has 0 unspecified atom stereocenters. The largest absolute Gasteiger partial charge is 0.478 e. The summed E-state index contributed by atoms with van der Waals surface area (Å²) in [6.45, 7) is 2.48. The summed E-state index contributed by atoms with van der Waals surface area (Å²) in [5, 5.41) is 1.13. The Morgan fingerprint density at radius 2 is 2.00 bits per heavy atom. The molecule has 0 aliphatic rings. The van der Waals surface area contributed by atoms with Crippen LogP contribution in [0.15, 0.2) is 30.3 Å². The van der Waals surface area contributed by atoms with E-state index in [0.717, 1.165) is 11.1 Å². The van der Waals surface area contributed by atoms with Gasteiger partial charge in [0.2, 0.25) is 5.88 Å². The minimum atomic E-state index is 0.543. The predicted molar refractivity (Wildman–Crippen MR) is 80.5 cm³/mol. The van der Waals surface area contributed by atoms with Gasteiger partial charge in [0.15, 0.2) is 5.65 Å². The van der Waals surface area contributed by atoms with E-state index in [4.69, 9.17) is 27.9 Å². The zero-order valence-corrected chi connectivity index (χ0v) is 12.2. The molecule has 2 heterocycles. The highest BCUT2D eigenvalue weighted by molar-refractivity contribution is 6.36. The molecule has 0 spiro atoms. The summed E-state index contributed by atoms with van der Waals surface area (Å²) in [5.74, 6) is 1.21. The van der Waals surface area contributed by atoms with E-state index >= 15 is 0 Å². The first-order chi connectivity index (χ1) is 9.67. The molecule has 0 saturated heterocycles. The third-order valence-electron chi connectivity index (χ3n) is 2.80. The molecule has 1 aromatic carbocycles. The van der Waals surface area contributed by atoms with Gasteiger partial charge in [0.1, 0.15) is 5.82 Å². The van der Waals surface area contributed by atoms with E-state index in [-0.39, 0.29) is 0 Å². The quantitative estimate of drug-likeness (QED) is 0.783. The van der Waals surface area contributed by atoms with Gasteiger partial charge in [-0.15, -0.1) is 0 Å². The van der Waals surface area contributed by atoms with Crippen molar-refractivity contribution in [2.45, 2.75) is 6.92 Å². The number of aromatic nitrogens is 3. The van der Waals surface area contributed by atoms with E-state index in [9.17, 15) is 0 Å². The Hall–Kier alpha value is -1.78. The van der Waals surface area contributed by atoms with Crippen LogP contribution in [0.3, 0.4) is 0 Å². The minimum Gasteiger partial charge on any atom is -0.478 e. The Morgan fingerprint density at radius 1 is 1.15 bits per heavy atom. The Balaban J connectivity index is 2.08. The van der Waals surface area contributed by atoms with Crippen molar-refractivity contribution in [3.05, 3.63) is 40.4 Å². The number of halogens is 2. The molecular formula is C14H11Cl2N3O. The molecule has 102 valence electrons. The molecule has 0 bridgehead atoms. The maximum absolute atomic E-state index is 6.18. The smallest absolute Gasteiger partial charge is 0.215 e. The topological polar surface area (TPSA) is 50.8 Å². The molecule has 0 atom stereocenters. The first-order valence-electron chi connectivity index (χ1n) is 6.12. The molecule has 2 aromatic heterocycles. The zero-order chi connectivity index (χ0) is 14.1. The fraction of sp³-hybridized carbons (Fsp3) is 0.143. The van der Waals surface area contributed by atoms with Crippen LogP contribution in [0.4, 0.5) is 0 Å². The van der Waals surface area contributed by atoms with Crippen LogP contribution in [-0.2, 0) is 0 Å². The number of imidazole rings is 1. The maximum atomic E-state index is 6.18. The lowest BCUT2D eigenvalue weighted by Crippen LogP contribution is -1.93. The molecule has 0 aliphatic heterocycles. The third-order valence-corrected chi connectivity index (χ3v) is 3.35. The summed E-state index contributed by atoms with van der Waals surface area (Å²) in [6.07, 6.45) is 0. The molecule has 6 heteroatoms. The van der Waals surface area contributed by atoms with Crippen LogP contribution >= 0.6 is 23.2 Å². The second-order valence-electron chi connectivity index (χ2n) is 4.16. The number of nitrogens with one attached hydrogen (secondary N) is 1. The molecule has 0 radical (unpaired) electrons. The Kier molecular flexibility index (Phi) is 3.51. The number of pyridine rings is 1. The summed E-state index contributed by atoms with van der Waals surface area (Å²) >= 11 is 12.1. The zero-order valence-electron chi connectivity index (χ0n) is 10.7. The Morgan fingerprint density at radius 3 is 2.75 bits per heavy atom. The molecule has 0 saturated carbocycles. The van der Waals surface area contributed by atoms with Crippen molar-refractivity contribution >= 4 is 34.4 Å². The van der Waals surface area contributed by atoms with Crippen LogP contribution in [-0.4, -0.2) is 21.6 Å². The van der Waals surface area contributed by atoms with E-state index in [1.807, 2.05) is 19.1 Å². The van der Waals surface area contributed by atoms with E-state index in [0.29, 0.717) is 34.0 Å². The number of hydrogen-bond donors (Lipinski definition) is 1. The van der Waals surface area contributed by atoms with E-state index in [1.54, 1.807) is 18.2 Å². The normalized spacial score (nSPS) is 10.9. The second kappa shape index (κ2) is 5.31. The van der Waals surface area contributed by atoms with E-state index in [1.165, 1.54) is 0 Å². The van der Waals surface area contributed by atoms with Crippen molar-refractivity contribution in [1.82, 2.24) is 15.0 Å². The Labute approximate surface area is 125 Å². The highest BCUT2D eigenvalue weighted by Crippen LogP contribution is 2.29. The molecule has 0 aliphatic carbocycles. The van der Waals surface area contributed by atoms with Crippen molar-refractivity contribution in [3.8, 4) is 17.3 Å². The summed E-state index contributed by atoms with van der Waals surface area (Å²) in [6, 6.07) is 8.97. The summed E-state index contributed by atoms with van der Waals surface area (Å²) in [7, 11) is 0. The van der Waals surface area contributed by atoms with Gasteiger partial charge in [-0.1, -0.05) is 23.2 Å². The van der Waals surface area contributed by atoms with Gasteiger partial charge in [-0.2, -0.15) is 4.98 Å². The number of nitrogens with zero attached hydrogens (tertiary/aromatic N) is 2. The first-order valence-corrected chi connectivity index (χ1v) is 6.88. The van der Waals surface area contributed by atoms with Gasteiger partial charge in [0.05, 0.1) is 17.1 Å². The summed E-state index contributed by atoms with van der Waals surface area (Å²) in [4.78, 5) is 12.0. The van der Waals surface area contributed by atoms with Crippen molar-refractivity contribution in [2.24, 2.45) is 0 Å². The molecule has 4 nitrogen and oxygen atoms in total. The van der Waals surface area contributed by atoms with Crippen LogP contribution in [0.1, 0.15) is 6.92 Å². The highest BCUT2D eigenvalue weighted by Gasteiger charge is 2.10. The number of rotatable bonds is 3. The molecule has 3 rings (SSSR count). The fourth-order valence-electron chi connectivity index (χ4n) is 1.91. The van der Waals surface area contributed by atoms with Gasteiger partial charge in [-0.3, -0.25) is 0 Å². The number of benzene rings is 1. The maximum Gasteiger partial charge on any atom is 0.215 e. The van der Waals surface area contributed by atoms with Crippen LogP contribution < -0.4 is 4.74 Å². The van der Waals surface area contributed by atoms with Crippen molar-refractivity contribution in [2.75, 3.05) is 6.61 Å². The number of H-pyrrole nitrogens is 1. The van der Waals surface area contributed by atoms with Crippen LogP contribution in [0.2, 0.25) is 10.0 Å². The minimum absolute atomic E-state index is 0.543. The molecule has 20 heavy (non-hydrogen) atoms. The standard InChI is InChI=1S/C14H11Cl2N3O/c1-2-20-12-6-5-11-14(18-12)19-13(17-11)9-4-3-8(15)7-10(9)16/h3-7H,2H2,1H3,(H,17,18,19). The monoisotopic (exact) mass is 307 g/mol.